The van der Waals surface area contributed by atoms with Crippen molar-refractivity contribution >= 4 is 47.1 Å². The molecule has 10 heteroatoms. The number of pyridine rings is 2. The quantitative estimate of drug-likeness (QED) is 0.0837. The first kappa shape index (κ1) is 37.4. The Balaban J connectivity index is 1.19. The predicted octanol–water partition coefficient (Wildman–Crippen LogP) is 6.96. The standard InChI is InChI=1S/C42H48N6O4/c1-47-23-19-33(20-24-47)15-17-41(49)51-27-7-9-35-29-43-37-11-3-5-13-39(37)45-31-36(32-46-40-14-6-4-12-38(40)44-30-35)10-8-28-52-42(50)18-16-34-21-25-48(2)26-22-34/h3-6,11-14,19-26,29-32,43,46H,7-10,15-18,27-28H2,1-2H3/q+2/b35-29-,36-32-,44-30?,45-31?. The number of aliphatic imine (C=N–C) groups is 2. The highest BCUT2D eigenvalue weighted by atomic mass is 16.5. The number of benzene rings is 2. The average Bonchev–Trinajstić information content (AvgIpc) is 3.16. The smallest absolute Gasteiger partial charge is 0.306 e. The number of carbonyl (C=O) groups excluding carboxylic acids is 2. The molecular formula is C42H48N6O4+2. The Morgan fingerprint density at radius 1 is 0.577 bits per heavy atom. The Morgan fingerprint density at radius 3 is 1.40 bits per heavy atom. The summed E-state index contributed by atoms with van der Waals surface area (Å²) in [5.74, 6) is -0.401. The highest BCUT2D eigenvalue weighted by Gasteiger charge is 2.09. The zero-order valence-corrected chi connectivity index (χ0v) is 30.0. The molecule has 0 saturated heterocycles. The highest BCUT2D eigenvalue weighted by molar-refractivity contribution is 5.87. The van der Waals surface area contributed by atoms with Crippen molar-refractivity contribution in [2.45, 2.75) is 51.4 Å². The topological polar surface area (TPSA) is 109 Å². The second kappa shape index (κ2) is 20.1. The molecule has 2 aromatic heterocycles. The van der Waals surface area contributed by atoms with Gasteiger partial charge in [0, 0.05) is 61.9 Å². The van der Waals surface area contributed by atoms with Gasteiger partial charge in [-0.15, -0.1) is 0 Å². The number of carbonyl (C=O) groups is 2. The minimum absolute atomic E-state index is 0.200. The van der Waals surface area contributed by atoms with Crippen molar-refractivity contribution in [1.29, 1.82) is 0 Å². The summed E-state index contributed by atoms with van der Waals surface area (Å²) in [5.41, 5.74) is 7.35. The van der Waals surface area contributed by atoms with Crippen LogP contribution < -0.4 is 19.8 Å². The number of rotatable bonds is 14. The summed E-state index contributed by atoms with van der Waals surface area (Å²) in [4.78, 5) is 34.5. The molecule has 1 aliphatic rings. The summed E-state index contributed by atoms with van der Waals surface area (Å²) in [6.07, 6.45) is 20.1. The molecule has 0 atom stereocenters. The molecule has 5 rings (SSSR count). The van der Waals surface area contributed by atoms with Gasteiger partial charge in [0.25, 0.3) is 0 Å². The number of esters is 2. The van der Waals surface area contributed by atoms with Crippen LogP contribution in [0.15, 0.2) is 131 Å². The van der Waals surface area contributed by atoms with Crippen molar-refractivity contribution in [2.75, 3.05) is 23.8 Å². The van der Waals surface area contributed by atoms with Crippen LogP contribution in [0.25, 0.3) is 0 Å². The van der Waals surface area contributed by atoms with E-state index in [0.29, 0.717) is 64.6 Å². The molecule has 0 fully saturated rings. The van der Waals surface area contributed by atoms with E-state index < -0.39 is 0 Å². The lowest BCUT2D eigenvalue weighted by Crippen LogP contribution is -2.26. The second-order valence-electron chi connectivity index (χ2n) is 12.7. The number of ether oxygens (including phenoxy) is 2. The van der Waals surface area contributed by atoms with Gasteiger partial charge in [0.1, 0.15) is 14.1 Å². The molecule has 0 spiro atoms. The number of anilines is 2. The Morgan fingerprint density at radius 2 is 0.981 bits per heavy atom. The third-order valence-corrected chi connectivity index (χ3v) is 8.45. The Kier molecular flexibility index (Phi) is 14.4. The van der Waals surface area contributed by atoms with Crippen LogP contribution in [0.2, 0.25) is 0 Å². The lowest BCUT2D eigenvalue weighted by Gasteiger charge is -2.11. The number of para-hydroxylation sites is 4. The van der Waals surface area contributed by atoms with Crippen LogP contribution in [0.1, 0.15) is 49.7 Å². The minimum atomic E-state index is -0.200. The van der Waals surface area contributed by atoms with Crippen LogP contribution in [0.4, 0.5) is 22.7 Å². The fourth-order valence-electron chi connectivity index (χ4n) is 5.37. The van der Waals surface area contributed by atoms with E-state index in [1.54, 1.807) is 0 Å². The fraction of sp³-hybridized carbons (Fsp3) is 0.286. The molecule has 268 valence electrons. The maximum Gasteiger partial charge on any atom is 0.306 e. The maximum absolute atomic E-state index is 12.4. The first-order chi connectivity index (χ1) is 25.4. The molecule has 1 aliphatic heterocycles. The van der Waals surface area contributed by atoms with E-state index in [0.717, 1.165) is 45.0 Å². The number of aromatic nitrogens is 2. The SMILES string of the molecule is C[n+]1ccc(CCC(=O)OCCC/C2=C/Nc3ccccc3N=C/C(CCCOC(=O)CCc3cc[n+](C)cc3)=C\Nc3ccccc3N=C2)cc1. The lowest BCUT2D eigenvalue weighted by molar-refractivity contribution is -0.671. The fourth-order valence-corrected chi connectivity index (χ4v) is 5.37. The number of fused-ring (bicyclic) bond motifs is 2. The van der Waals surface area contributed by atoms with Crippen molar-refractivity contribution in [3.63, 3.8) is 0 Å². The maximum atomic E-state index is 12.4. The van der Waals surface area contributed by atoms with Crippen LogP contribution in [0.5, 0.6) is 0 Å². The van der Waals surface area contributed by atoms with E-state index in [9.17, 15) is 9.59 Å². The Labute approximate surface area is 306 Å². The molecule has 52 heavy (non-hydrogen) atoms. The van der Waals surface area contributed by atoms with Crippen LogP contribution in [0.3, 0.4) is 0 Å². The first-order valence-electron chi connectivity index (χ1n) is 17.8. The molecule has 2 N–H and O–H groups in total. The van der Waals surface area contributed by atoms with Crippen LogP contribution in [-0.2, 0) is 46.0 Å². The largest absolute Gasteiger partial charge is 0.466 e. The van der Waals surface area contributed by atoms with Crippen molar-refractivity contribution in [2.24, 2.45) is 24.1 Å². The van der Waals surface area contributed by atoms with Gasteiger partial charge in [0.2, 0.25) is 0 Å². The highest BCUT2D eigenvalue weighted by Crippen LogP contribution is 2.27. The van der Waals surface area contributed by atoms with Crippen molar-refractivity contribution in [3.05, 3.63) is 132 Å². The molecule has 0 radical (unpaired) electrons. The molecule has 4 aromatic rings. The van der Waals surface area contributed by atoms with Gasteiger partial charge in [0.15, 0.2) is 24.8 Å². The van der Waals surface area contributed by atoms with Crippen LogP contribution >= 0.6 is 0 Å². The van der Waals surface area contributed by atoms with E-state index in [1.165, 1.54) is 0 Å². The molecule has 10 nitrogen and oxygen atoms in total. The van der Waals surface area contributed by atoms with Gasteiger partial charge < -0.3 is 20.1 Å². The number of hydrogen-bond donors (Lipinski definition) is 2. The normalized spacial score (nSPS) is 14.6. The van der Waals surface area contributed by atoms with Crippen molar-refractivity contribution in [1.82, 2.24) is 0 Å². The minimum Gasteiger partial charge on any atom is -0.466 e. The molecule has 2 aromatic carbocycles. The molecule has 0 amide bonds. The number of nitrogens with zero attached hydrogens (tertiary/aromatic N) is 4. The summed E-state index contributed by atoms with van der Waals surface area (Å²) < 4.78 is 15.0. The van der Waals surface area contributed by atoms with E-state index in [4.69, 9.17) is 19.5 Å². The van der Waals surface area contributed by atoms with Gasteiger partial charge in [-0.25, -0.2) is 9.13 Å². The molecule has 3 heterocycles. The third kappa shape index (κ3) is 12.8. The Hall–Kier alpha value is -5.90. The van der Waals surface area contributed by atoms with Gasteiger partial charge in [-0.3, -0.25) is 19.6 Å². The van der Waals surface area contributed by atoms with Crippen LogP contribution in [-0.4, -0.2) is 37.6 Å². The van der Waals surface area contributed by atoms with Crippen molar-refractivity contribution in [3.8, 4) is 0 Å². The summed E-state index contributed by atoms with van der Waals surface area (Å²) in [7, 11) is 3.93. The predicted molar refractivity (Wildman–Crippen MR) is 205 cm³/mol. The number of hydrogen-bond acceptors (Lipinski definition) is 8. The van der Waals surface area contributed by atoms with E-state index in [-0.39, 0.29) is 11.9 Å². The van der Waals surface area contributed by atoms with Crippen LogP contribution in [0, 0.1) is 0 Å². The molecule has 0 unspecified atom stereocenters. The second-order valence-corrected chi connectivity index (χ2v) is 12.7. The third-order valence-electron chi connectivity index (χ3n) is 8.45. The Bertz CT molecular complexity index is 1760. The average molecular weight is 701 g/mol. The summed E-state index contributed by atoms with van der Waals surface area (Å²) >= 11 is 0. The number of allylic oxidation sites excluding steroid dienone is 2. The zero-order valence-electron chi connectivity index (χ0n) is 30.0. The van der Waals surface area contributed by atoms with Crippen molar-refractivity contribution < 1.29 is 28.2 Å². The summed E-state index contributed by atoms with van der Waals surface area (Å²) in [5, 5.41) is 6.84. The summed E-state index contributed by atoms with van der Waals surface area (Å²) in [6, 6.07) is 23.7. The monoisotopic (exact) mass is 700 g/mol. The van der Waals surface area contributed by atoms with E-state index >= 15 is 0 Å². The van der Waals surface area contributed by atoms with E-state index in [1.807, 2.05) is 146 Å². The molecule has 0 saturated carbocycles. The van der Waals surface area contributed by atoms with Gasteiger partial charge in [0.05, 0.1) is 36.0 Å². The van der Waals surface area contributed by atoms with Gasteiger partial charge in [-0.2, -0.15) is 0 Å². The summed E-state index contributed by atoms with van der Waals surface area (Å²) in [6.45, 7) is 0.651. The first-order valence-corrected chi connectivity index (χ1v) is 17.8. The molecule has 0 bridgehead atoms. The lowest BCUT2D eigenvalue weighted by atomic mass is 10.1. The number of nitrogens with one attached hydrogen (secondary N) is 2. The molecule has 0 aliphatic carbocycles. The van der Waals surface area contributed by atoms with Gasteiger partial charge in [-0.05, 0) is 85.1 Å². The van der Waals surface area contributed by atoms with E-state index in [2.05, 4.69) is 10.6 Å². The number of aryl methyl sites for hydroxylation is 4. The van der Waals surface area contributed by atoms with Gasteiger partial charge in [-0.1, -0.05) is 24.3 Å². The zero-order chi connectivity index (χ0) is 36.4. The van der Waals surface area contributed by atoms with Gasteiger partial charge >= 0.3 is 11.9 Å². The molecular weight excluding hydrogens is 652 g/mol.